The zero-order valence-electron chi connectivity index (χ0n) is 13.8. The van der Waals surface area contributed by atoms with E-state index in [1.54, 1.807) is 7.11 Å². The molecule has 4 nitrogen and oxygen atoms in total. The zero-order chi connectivity index (χ0) is 15.8. The number of rotatable bonds is 7. The van der Waals surface area contributed by atoms with Crippen molar-refractivity contribution < 1.29 is 14.6 Å². The molecule has 1 aromatic rings. The number of benzene rings is 1. The Balaban J connectivity index is 1.99. The monoisotopic (exact) mass is 307 g/mol. The van der Waals surface area contributed by atoms with Crippen LogP contribution in [0, 0.1) is 5.92 Å². The van der Waals surface area contributed by atoms with Gasteiger partial charge in [-0.25, -0.2) is 0 Å². The molecule has 22 heavy (non-hydrogen) atoms. The molecule has 0 radical (unpaired) electrons. The summed E-state index contributed by atoms with van der Waals surface area (Å²) in [6, 6.07) is 6.47. The van der Waals surface area contributed by atoms with Gasteiger partial charge >= 0.3 is 0 Å². The summed E-state index contributed by atoms with van der Waals surface area (Å²) in [5.74, 6) is 1.95. The molecule has 0 aromatic heterocycles. The predicted octanol–water partition coefficient (Wildman–Crippen LogP) is 3.12. The van der Waals surface area contributed by atoms with E-state index in [9.17, 15) is 5.11 Å². The van der Waals surface area contributed by atoms with Crippen LogP contribution >= 0.6 is 0 Å². The van der Waals surface area contributed by atoms with E-state index in [1.807, 2.05) is 19.1 Å². The van der Waals surface area contributed by atoms with Crippen molar-refractivity contribution in [1.29, 1.82) is 0 Å². The van der Waals surface area contributed by atoms with Gasteiger partial charge in [0.2, 0.25) is 0 Å². The smallest absolute Gasteiger partial charge is 0.161 e. The number of aliphatic hydroxyl groups is 1. The van der Waals surface area contributed by atoms with Gasteiger partial charge in [0.25, 0.3) is 0 Å². The molecule has 0 spiro atoms. The molecule has 2 N–H and O–H groups in total. The van der Waals surface area contributed by atoms with Gasteiger partial charge in [-0.15, -0.1) is 0 Å². The highest BCUT2D eigenvalue weighted by atomic mass is 16.5. The summed E-state index contributed by atoms with van der Waals surface area (Å²) < 4.78 is 10.9. The Kier molecular flexibility index (Phi) is 7.00. The summed E-state index contributed by atoms with van der Waals surface area (Å²) in [7, 11) is 1.66. The number of ether oxygens (including phenoxy) is 2. The van der Waals surface area contributed by atoms with Crippen molar-refractivity contribution in [2.24, 2.45) is 5.92 Å². The molecule has 0 amide bonds. The van der Waals surface area contributed by atoms with Crippen molar-refractivity contribution in [3.05, 3.63) is 23.8 Å². The van der Waals surface area contributed by atoms with Gasteiger partial charge in [0, 0.05) is 19.2 Å². The number of methoxy groups -OCH3 is 1. The van der Waals surface area contributed by atoms with E-state index < -0.39 is 0 Å². The number of hydrogen-bond acceptors (Lipinski definition) is 4. The average molecular weight is 307 g/mol. The number of aliphatic hydroxyl groups excluding tert-OH is 1. The second kappa shape index (κ2) is 9.01. The highest BCUT2D eigenvalue weighted by Gasteiger charge is 2.22. The SMILES string of the molecule is CCOc1cc(CNC2CCCCCC2CO)ccc1OC. The third kappa shape index (κ3) is 4.62. The minimum absolute atomic E-state index is 0.282. The van der Waals surface area contributed by atoms with Crippen molar-refractivity contribution in [1.82, 2.24) is 5.32 Å². The van der Waals surface area contributed by atoms with Crippen LogP contribution in [-0.4, -0.2) is 31.5 Å². The molecule has 0 aliphatic heterocycles. The molecule has 0 heterocycles. The molecule has 4 heteroatoms. The molecule has 0 bridgehead atoms. The van der Waals surface area contributed by atoms with Gasteiger partial charge in [-0.1, -0.05) is 25.3 Å². The molecule has 1 aliphatic carbocycles. The molecule has 1 saturated carbocycles. The molecule has 1 aliphatic rings. The molecule has 1 fully saturated rings. The third-order valence-electron chi connectivity index (χ3n) is 4.49. The van der Waals surface area contributed by atoms with E-state index in [-0.39, 0.29) is 6.61 Å². The van der Waals surface area contributed by atoms with Crippen LogP contribution in [0.4, 0.5) is 0 Å². The first-order valence-corrected chi connectivity index (χ1v) is 8.42. The molecule has 124 valence electrons. The Morgan fingerprint density at radius 1 is 1.18 bits per heavy atom. The first-order valence-electron chi connectivity index (χ1n) is 8.42. The lowest BCUT2D eigenvalue weighted by molar-refractivity contribution is 0.181. The average Bonchev–Trinajstić information content (AvgIpc) is 2.78. The van der Waals surface area contributed by atoms with E-state index in [0.29, 0.717) is 18.6 Å². The summed E-state index contributed by atoms with van der Waals surface area (Å²) in [5, 5.41) is 13.2. The minimum atomic E-state index is 0.282. The first kappa shape index (κ1) is 17.1. The van der Waals surface area contributed by atoms with Crippen molar-refractivity contribution in [3.63, 3.8) is 0 Å². The summed E-state index contributed by atoms with van der Waals surface area (Å²) in [4.78, 5) is 0. The van der Waals surface area contributed by atoms with Crippen LogP contribution in [0.25, 0.3) is 0 Å². The van der Waals surface area contributed by atoms with E-state index in [2.05, 4.69) is 11.4 Å². The van der Waals surface area contributed by atoms with Crippen molar-refractivity contribution in [2.45, 2.75) is 51.6 Å². The van der Waals surface area contributed by atoms with Crippen LogP contribution < -0.4 is 14.8 Å². The maximum Gasteiger partial charge on any atom is 0.161 e. The van der Waals surface area contributed by atoms with Crippen LogP contribution in [0.3, 0.4) is 0 Å². The van der Waals surface area contributed by atoms with Gasteiger partial charge < -0.3 is 19.9 Å². The summed E-state index contributed by atoms with van der Waals surface area (Å²) in [6.45, 7) is 3.68. The fourth-order valence-electron chi connectivity index (χ4n) is 3.22. The topological polar surface area (TPSA) is 50.7 Å². The Hall–Kier alpha value is -1.26. The van der Waals surface area contributed by atoms with Gasteiger partial charge in [0.05, 0.1) is 13.7 Å². The summed E-state index contributed by atoms with van der Waals surface area (Å²) >= 11 is 0. The van der Waals surface area contributed by atoms with Gasteiger partial charge in [-0.05, 0) is 43.4 Å². The van der Waals surface area contributed by atoms with Crippen LogP contribution in [0.5, 0.6) is 11.5 Å². The van der Waals surface area contributed by atoms with E-state index in [4.69, 9.17) is 9.47 Å². The van der Waals surface area contributed by atoms with Crippen LogP contribution in [0.15, 0.2) is 18.2 Å². The van der Waals surface area contributed by atoms with E-state index in [1.165, 1.54) is 24.8 Å². The number of nitrogens with one attached hydrogen (secondary N) is 1. The fourth-order valence-corrected chi connectivity index (χ4v) is 3.22. The van der Waals surface area contributed by atoms with Crippen molar-refractivity contribution in [2.75, 3.05) is 20.3 Å². The lowest BCUT2D eigenvalue weighted by atomic mass is 9.95. The second-order valence-electron chi connectivity index (χ2n) is 5.99. The Morgan fingerprint density at radius 2 is 2.00 bits per heavy atom. The van der Waals surface area contributed by atoms with Gasteiger partial charge in [-0.3, -0.25) is 0 Å². The quantitative estimate of drug-likeness (QED) is 0.760. The van der Waals surface area contributed by atoms with Gasteiger partial charge in [0.15, 0.2) is 11.5 Å². The highest BCUT2D eigenvalue weighted by molar-refractivity contribution is 5.42. The lowest BCUT2D eigenvalue weighted by Crippen LogP contribution is -2.36. The van der Waals surface area contributed by atoms with Gasteiger partial charge in [0.1, 0.15) is 0 Å². The predicted molar refractivity (Wildman–Crippen MR) is 88.5 cm³/mol. The molecule has 0 saturated heterocycles. The Morgan fingerprint density at radius 3 is 2.73 bits per heavy atom. The number of hydrogen-bond donors (Lipinski definition) is 2. The molecule has 1 aromatic carbocycles. The lowest BCUT2D eigenvalue weighted by Gasteiger charge is -2.24. The minimum Gasteiger partial charge on any atom is -0.493 e. The van der Waals surface area contributed by atoms with Crippen LogP contribution in [0.2, 0.25) is 0 Å². The molecule has 2 atom stereocenters. The molecular weight excluding hydrogens is 278 g/mol. The summed E-state index contributed by atoms with van der Waals surface area (Å²) in [5.41, 5.74) is 1.19. The second-order valence-corrected chi connectivity index (χ2v) is 5.99. The molecular formula is C18H29NO3. The molecule has 2 rings (SSSR count). The van der Waals surface area contributed by atoms with E-state index >= 15 is 0 Å². The van der Waals surface area contributed by atoms with Gasteiger partial charge in [-0.2, -0.15) is 0 Å². The largest absolute Gasteiger partial charge is 0.493 e. The maximum absolute atomic E-state index is 9.59. The zero-order valence-corrected chi connectivity index (χ0v) is 13.8. The maximum atomic E-state index is 9.59. The van der Waals surface area contributed by atoms with Crippen LogP contribution in [-0.2, 0) is 6.54 Å². The van der Waals surface area contributed by atoms with E-state index in [0.717, 1.165) is 30.9 Å². The van der Waals surface area contributed by atoms with Crippen LogP contribution in [0.1, 0.15) is 44.6 Å². The third-order valence-corrected chi connectivity index (χ3v) is 4.49. The fraction of sp³-hybridized carbons (Fsp3) is 0.667. The first-order chi connectivity index (χ1) is 10.8. The highest BCUT2D eigenvalue weighted by Crippen LogP contribution is 2.28. The normalized spacial score (nSPS) is 22.1. The Labute approximate surface area is 133 Å². The van der Waals surface area contributed by atoms with Crippen molar-refractivity contribution >= 4 is 0 Å². The standard InChI is InChI=1S/C18H29NO3/c1-3-22-18-11-14(9-10-17(18)21-2)12-19-16-8-6-4-5-7-15(16)13-20/h9-11,15-16,19-20H,3-8,12-13H2,1-2H3. The molecule has 2 unspecified atom stereocenters. The Bertz CT molecular complexity index is 450. The summed E-state index contributed by atoms with van der Waals surface area (Å²) in [6.07, 6.45) is 6.05. The van der Waals surface area contributed by atoms with Crippen molar-refractivity contribution in [3.8, 4) is 11.5 Å².